The topological polar surface area (TPSA) is 65.8 Å². The van der Waals surface area contributed by atoms with Crippen LogP contribution in [0.15, 0.2) is 18.3 Å². The maximum Gasteiger partial charge on any atom is 0.416 e. The highest BCUT2D eigenvalue weighted by Crippen LogP contribution is 2.31. The van der Waals surface area contributed by atoms with E-state index in [9.17, 15) is 18.0 Å². The van der Waals surface area contributed by atoms with E-state index in [1.807, 2.05) is 6.07 Å². The molecule has 0 aromatic carbocycles. The van der Waals surface area contributed by atoms with E-state index in [4.69, 9.17) is 5.26 Å². The minimum Gasteiger partial charge on any atom is -0.309 e. The minimum absolute atomic E-state index is 0.216. The number of alkyl halides is 3. The van der Waals surface area contributed by atoms with Gasteiger partial charge in [0.15, 0.2) is 0 Å². The Morgan fingerprint density at radius 2 is 2.00 bits per heavy atom. The number of amides is 1. The van der Waals surface area contributed by atoms with Crippen molar-refractivity contribution in [1.82, 2.24) is 4.98 Å². The SMILES string of the molecule is CCC(C#N)(CC)C(=O)Nc1cc(C(F)(F)F)ccn1. The third-order valence-electron chi connectivity index (χ3n) is 3.18. The van der Waals surface area contributed by atoms with Gasteiger partial charge in [0.05, 0.1) is 11.6 Å². The molecule has 0 unspecified atom stereocenters. The average Bonchev–Trinajstić information content (AvgIpc) is 2.41. The van der Waals surface area contributed by atoms with Crippen LogP contribution in [0, 0.1) is 16.7 Å². The number of halogens is 3. The van der Waals surface area contributed by atoms with Crippen LogP contribution in [0.1, 0.15) is 32.3 Å². The summed E-state index contributed by atoms with van der Waals surface area (Å²) in [6.45, 7) is 3.34. The monoisotopic (exact) mass is 285 g/mol. The van der Waals surface area contributed by atoms with Crippen LogP contribution in [-0.4, -0.2) is 10.9 Å². The lowest BCUT2D eigenvalue weighted by Crippen LogP contribution is -2.34. The van der Waals surface area contributed by atoms with Gasteiger partial charge in [-0.15, -0.1) is 0 Å². The molecular formula is C13H14F3N3O. The van der Waals surface area contributed by atoms with E-state index in [2.05, 4.69) is 10.3 Å². The summed E-state index contributed by atoms with van der Waals surface area (Å²) < 4.78 is 37.6. The first-order valence-electron chi connectivity index (χ1n) is 6.05. The summed E-state index contributed by atoms with van der Waals surface area (Å²) in [5, 5.41) is 11.4. The Balaban J connectivity index is 3.00. The molecule has 0 aliphatic carbocycles. The number of hydrogen-bond acceptors (Lipinski definition) is 3. The summed E-state index contributed by atoms with van der Waals surface area (Å²) in [5.41, 5.74) is -2.16. The van der Waals surface area contributed by atoms with E-state index >= 15 is 0 Å². The number of pyridine rings is 1. The number of carbonyl (C=O) groups is 1. The quantitative estimate of drug-likeness (QED) is 0.922. The van der Waals surface area contributed by atoms with Gasteiger partial charge in [0.1, 0.15) is 11.2 Å². The van der Waals surface area contributed by atoms with Gasteiger partial charge in [0, 0.05) is 6.20 Å². The minimum atomic E-state index is -4.51. The summed E-state index contributed by atoms with van der Waals surface area (Å²) in [7, 11) is 0. The van der Waals surface area contributed by atoms with Crippen molar-refractivity contribution < 1.29 is 18.0 Å². The van der Waals surface area contributed by atoms with Gasteiger partial charge in [-0.1, -0.05) is 13.8 Å². The van der Waals surface area contributed by atoms with Gasteiger partial charge < -0.3 is 5.32 Å². The molecule has 0 saturated heterocycles. The standard InChI is InChI=1S/C13H14F3N3O/c1-3-12(4-2,8-17)11(20)19-10-7-9(5-6-18-10)13(14,15)16/h5-7H,3-4H2,1-2H3,(H,18,19,20). The zero-order chi connectivity index (χ0) is 15.4. The molecule has 0 atom stereocenters. The fraction of sp³-hybridized carbons (Fsp3) is 0.462. The molecule has 20 heavy (non-hydrogen) atoms. The summed E-state index contributed by atoms with van der Waals surface area (Å²) >= 11 is 0. The summed E-state index contributed by atoms with van der Waals surface area (Å²) in [6.07, 6.45) is -3.01. The van der Waals surface area contributed by atoms with Crippen LogP contribution in [0.25, 0.3) is 0 Å². The highest BCUT2D eigenvalue weighted by Gasteiger charge is 2.36. The number of rotatable bonds is 4. The number of nitrogens with zero attached hydrogens (tertiary/aromatic N) is 2. The smallest absolute Gasteiger partial charge is 0.309 e. The molecule has 108 valence electrons. The molecule has 0 fully saturated rings. The van der Waals surface area contributed by atoms with Crippen molar-refractivity contribution in [3.63, 3.8) is 0 Å². The molecule has 0 saturated carbocycles. The highest BCUT2D eigenvalue weighted by molar-refractivity contribution is 5.96. The van der Waals surface area contributed by atoms with E-state index < -0.39 is 23.1 Å². The number of carbonyl (C=O) groups excluding carboxylic acids is 1. The van der Waals surface area contributed by atoms with Gasteiger partial charge in [0.2, 0.25) is 5.91 Å². The number of hydrogen-bond donors (Lipinski definition) is 1. The Hall–Kier alpha value is -2.10. The molecule has 1 aromatic rings. The van der Waals surface area contributed by atoms with Crippen molar-refractivity contribution in [2.24, 2.45) is 5.41 Å². The van der Waals surface area contributed by atoms with Gasteiger partial charge in [-0.3, -0.25) is 4.79 Å². The summed E-state index contributed by atoms with van der Waals surface area (Å²) in [4.78, 5) is 15.7. The molecule has 0 aliphatic heterocycles. The predicted molar refractivity (Wildman–Crippen MR) is 66.5 cm³/mol. The molecule has 1 aromatic heterocycles. The lowest BCUT2D eigenvalue weighted by Gasteiger charge is -2.21. The highest BCUT2D eigenvalue weighted by atomic mass is 19.4. The molecule has 1 N–H and O–H groups in total. The maximum atomic E-state index is 12.5. The van der Waals surface area contributed by atoms with Crippen molar-refractivity contribution in [2.75, 3.05) is 5.32 Å². The maximum absolute atomic E-state index is 12.5. The van der Waals surface area contributed by atoms with Crippen LogP contribution in [0.4, 0.5) is 19.0 Å². The number of nitrogens with one attached hydrogen (secondary N) is 1. The van der Waals surface area contributed by atoms with Crippen LogP contribution in [0.2, 0.25) is 0 Å². The molecule has 1 heterocycles. The summed E-state index contributed by atoms with van der Waals surface area (Å²) in [5.74, 6) is -0.858. The Morgan fingerprint density at radius 1 is 1.40 bits per heavy atom. The average molecular weight is 285 g/mol. The zero-order valence-electron chi connectivity index (χ0n) is 11.1. The molecule has 0 bridgehead atoms. The van der Waals surface area contributed by atoms with Crippen LogP contribution in [0.5, 0.6) is 0 Å². The van der Waals surface area contributed by atoms with Gasteiger partial charge in [-0.05, 0) is 25.0 Å². The second-order valence-corrected chi connectivity index (χ2v) is 4.28. The van der Waals surface area contributed by atoms with Crippen molar-refractivity contribution in [2.45, 2.75) is 32.9 Å². The van der Waals surface area contributed by atoms with Crippen molar-refractivity contribution >= 4 is 11.7 Å². The molecule has 0 spiro atoms. The van der Waals surface area contributed by atoms with E-state index in [0.717, 1.165) is 18.3 Å². The van der Waals surface area contributed by atoms with Crippen molar-refractivity contribution in [3.8, 4) is 6.07 Å². The Morgan fingerprint density at radius 3 is 2.45 bits per heavy atom. The second-order valence-electron chi connectivity index (χ2n) is 4.28. The Kier molecular flexibility index (Phi) is 4.71. The first kappa shape index (κ1) is 16.0. The fourth-order valence-electron chi connectivity index (χ4n) is 1.69. The first-order chi connectivity index (χ1) is 9.29. The van der Waals surface area contributed by atoms with Crippen molar-refractivity contribution in [1.29, 1.82) is 5.26 Å². The van der Waals surface area contributed by atoms with E-state index in [-0.39, 0.29) is 18.7 Å². The first-order valence-corrected chi connectivity index (χ1v) is 6.05. The molecular weight excluding hydrogens is 271 g/mol. The second kappa shape index (κ2) is 5.90. The normalized spacial score (nSPS) is 11.8. The molecule has 7 heteroatoms. The van der Waals surface area contributed by atoms with Crippen LogP contribution in [-0.2, 0) is 11.0 Å². The number of aromatic nitrogens is 1. The van der Waals surface area contributed by atoms with E-state index in [1.54, 1.807) is 13.8 Å². The van der Waals surface area contributed by atoms with Gasteiger partial charge in [-0.25, -0.2) is 4.98 Å². The lowest BCUT2D eigenvalue weighted by atomic mass is 9.83. The largest absolute Gasteiger partial charge is 0.416 e. The van der Waals surface area contributed by atoms with Gasteiger partial charge in [0.25, 0.3) is 0 Å². The predicted octanol–water partition coefficient (Wildman–Crippen LogP) is 3.37. The van der Waals surface area contributed by atoms with E-state index in [0.29, 0.717) is 0 Å². The molecule has 0 radical (unpaired) electrons. The lowest BCUT2D eigenvalue weighted by molar-refractivity contribution is -0.137. The third kappa shape index (κ3) is 3.26. The van der Waals surface area contributed by atoms with Crippen LogP contribution >= 0.6 is 0 Å². The van der Waals surface area contributed by atoms with Crippen LogP contribution < -0.4 is 5.32 Å². The number of nitriles is 1. The Labute approximate surface area is 114 Å². The van der Waals surface area contributed by atoms with Crippen molar-refractivity contribution in [3.05, 3.63) is 23.9 Å². The summed E-state index contributed by atoms with van der Waals surface area (Å²) in [6, 6.07) is 3.47. The van der Waals surface area contributed by atoms with E-state index in [1.165, 1.54) is 0 Å². The molecule has 1 rings (SSSR count). The van der Waals surface area contributed by atoms with Gasteiger partial charge in [-0.2, -0.15) is 18.4 Å². The molecule has 1 amide bonds. The number of anilines is 1. The zero-order valence-corrected chi connectivity index (χ0v) is 11.1. The van der Waals surface area contributed by atoms with Crippen LogP contribution in [0.3, 0.4) is 0 Å². The molecule has 4 nitrogen and oxygen atoms in total. The third-order valence-corrected chi connectivity index (χ3v) is 3.18. The van der Waals surface area contributed by atoms with Gasteiger partial charge >= 0.3 is 6.18 Å². The Bertz CT molecular complexity index is 530. The fourth-order valence-corrected chi connectivity index (χ4v) is 1.69. The molecule has 0 aliphatic rings.